The number of aromatic nitrogens is 3. The molecule has 5 nitrogen and oxygen atoms in total. The van der Waals surface area contributed by atoms with Gasteiger partial charge in [0.1, 0.15) is 11.9 Å². The van der Waals surface area contributed by atoms with Crippen molar-refractivity contribution in [1.29, 1.82) is 0 Å². The van der Waals surface area contributed by atoms with Crippen molar-refractivity contribution in [3.05, 3.63) is 59.4 Å². The van der Waals surface area contributed by atoms with Gasteiger partial charge in [-0.3, -0.25) is 4.98 Å². The molecule has 0 unspecified atom stereocenters. The fraction of sp³-hybridized carbons (Fsp3) is 0.316. The molecule has 0 aliphatic heterocycles. The first-order chi connectivity index (χ1) is 13.3. The van der Waals surface area contributed by atoms with Crippen molar-refractivity contribution in [1.82, 2.24) is 15.1 Å². The number of ether oxygens (including phenoxy) is 1. The molecule has 1 saturated carbocycles. The molecule has 1 aliphatic carbocycles. The van der Waals surface area contributed by atoms with Gasteiger partial charge in [0.15, 0.2) is 5.76 Å². The highest BCUT2D eigenvalue weighted by Gasteiger charge is 2.37. The van der Waals surface area contributed by atoms with E-state index in [2.05, 4.69) is 15.1 Å². The third-order valence-electron chi connectivity index (χ3n) is 4.61. The molecule has 3 aromatic heterocycles. The maximum absolute atomic E-state index is 14.0. The highest BCUT2D eigenvalue weighted by molar-refractivity contribution is 5.56. The van der Waals surface area contributed by atoms with E-state index in [1.54, 1.807) is 24.4 Å². The molecule has 4 rings (SSSR count). The summed E-state index contributed by atoms with van der Waals surface area (Å²) in [6.45, 7) is 1.82. The predicted octanol–water partition coefficient (Wildman–Crippen LogP) is 4.92. The number of pyridine rings is 2. The Kier molecular flexibility index (Phi) is 4.52. The van der Waals surface area contributed by atoms with Gasteiger partial charge in [0.05, 0.1) is 17.0 Å². The highest BCUT2D eigenvalue weighted by Crippen LogP contribution is 2.40. The first-order valence-corrected chi connectivity index (χ1v) is 8.58. The third kappa shape index (κ3) is 3.69. The lowest BCUT2D eigenvalue weighted by atomic mass is 9.79. The van der Waals surface area contributed by atoms with E-state index in [1.165, 1.54) is 0 Å². The van der Waals surface area contributed by atoms with Gasteiger partial charge in [0, 0.05) is 36.0 Å². The normalized spacial score (nSPS) is 19.3. The van der Waals surface area contributed by atoms with Crippen LogP contribution in [-0.4, -0.2) is 21.2 Å². The van der Waals surface area contributed by atoms with Gasteiger partial charge >= 0.3 is 6.18 Å². The summed E-state index contributed by atoms with van der Waals surface area (Å²) in [5, 5.41) is 3.82. The average Bonchev–Trinajstić information content (AvgIpc) is 3.04. The maximum atomic E-state index is 14.0. The fourth-order valence-electron chi connectivity index (χ4n) is 3.06. The second-order valence-corrected chi connectivity index (χ2v) is 6.71. The van der Waals surface area contributed by atoms with E-state index in [-0.39, 0.29) is 17.7 Å². The molecule has 0 saturated heterocycles. The Morgan fingerprint density at radius 1 is 1.11 bits per heavy atom. The van der Waals surface area contributed by atoms with Gasteiger partial charge in [-0.25, -0.2) is 9.37 Å². The number of nitrogens with zero attached hydrogens (tertiary/aromatic N) is 3. The van der Waals surface area contributed by atoms with Crippen LogP contribution in [0.2, 0.25) is 0 Å². The largest absolute Gasteiger partial charge is 0.474 e. The Morgan fingerprint density at radius 3 is 2.46 bits per heavy atom. The van der Waals surface area contributed by atoms with E-state index in [0.29, 0.717) is 36.7 Å². The predicted molar refractivity (Wildman–Crippen MR) is 90.1 cm³/mol. The number of aryl methyl sites for hydroxylation is 1. The van der Waals surface area contributed by atoms with Crippen LogP contribution in [0.5, 0.6) is 5.88 Å². The minimum Gasteiger partial charge on any atom is -0.474 e. The molecule has 0 atom stereocenters. The first-order valence-electron chi connectivity index (χ1n) is 8.58. The molecule has 1 aliphatic rings. The molecule has 0 radical (unpaired) electrons. The smallest absolute Gasteiger partial charge is 0.417 e. The van der Waals surface area contributed by atoms with Crippen LogP contribution in [0.3, 0.4) is 0 Å². The molecule has 1 fully saturated rings. The van der Waals surface area contributed by atoms with Gasteiger partial charge in [-0.1, -0.05) is 5.16 Å². The molecule has 3 aromatic rings. The summed E-state index contributed by atoms with van der Waals surface area (Å²) in [5.41, 5.74) is 0.472. The van der Waals surface area contributed by atoms with E-state index in [0.717, 1.165) is 11.3 Å². The van der Waals surface area contributed by atoms with Crippen LogP contribution in [0.15, 0.2) is 41.2 Å². The Labute approximate surface area is 157 Å². The molecular weight excluding hydrogens is 378 g/mol. The van der Waals surface area contributed by atoms with Gasteiger partial charge in [-0.05, 0) is 31.9 Å². The minimum atomic E-state index is -4.61. The summed E-state index contributed by atoms with van der Waals surface area (Å²) in [6, 6.07) is 5.76. The lowest BCUT2D eigenvalue weighted by Crippen LogP contribution is -2.33. The molecular formula is C19H15F4N3O2. The third-order valence-corrected chi connectivity index (χ3v) is 4.61. The number of hydrogen-bond donors (Lipinski definition) is 0. The Hall–Kier alpha value is -2.97. The van der Waals surface area contributed by atoms with Crippen molar-refractivity contribution in [3.8, 4) is 17.2 Å². The zero-order chi connectivity index (χ0) is 19.9. The van der Waals surface area contributed by atoms with E-state index in [1.807, 2.05) is 6.92 Å². The Bertz CT molecular complexity index is 980. The van der Waals surface area contributed by atoms with E-state index in [9.17, 15) is 17.6 Å². The minimum absolute atomic E-state index is 0.0387. The summed E-state index contributed by atoms with van der Waals surface area (Å²) in [6.07, 6.45) is -1.63. The van der Waals surface area contributed by atoms with Crippen LogP contribution in [-0.2, 0) is 6.18 Å². The topological polar surface area (TPSA) is 61.0 Å². The fourth-order valence-corrected chi connectivity index (χ4v) is 3.06. The summed E-state index contributed by atoms with van der Waals surface area (Å²) >= 11 is 0. The van der Waals surface area contributed by atoms with Crippen LogP contribution in [0.4, 0.5) is 17.6 Å². The number of rotatable bonds is 4. The van der Waals surface area contributed by atoms with Crippen LogP contribution in [0, 0.1) is 12.7 Å². The number of hydrogen-bond acceptors (Lipinski definition) is 5. The van der Waals surface area contributed by atoms with Gasteiger partial charge in [0.2, 0.25) is 5.88 Å². The SMILES string of the molecule is Cc1cc(-c2ccc(OC3CC(c4ncc(C(F)(F)F)cc4F)C3)nc2)on1. The number of halogens is 4. The van der Waals surface area contributed by atoms with Gasteiger partial charge in [-0.2, -0.15) is 13.2 Å². The second kappa shape index (κ2) is 6.88. The van der Waals surface area contributed by atoms with Gasteiger partial charge in [-0.15, -0.1) is 0 Å². The quantitative estimate of drug-likeness (QED) is 0.589. The summed E-state index contributed by atoms with van der Waals surface area (Å²) in [5.74, 6) is -0.208. The maximum Gasteiger partial charge on any atom is 0.417 e. The van der Waals surface area contributed by atoms with Crippen LogP contribution in [0.1, 0.15) is 35.7 Å². The van der Waals surface area contributed by atoms with E-state index >= 15 is 0 Å². The van der Waals surface area contributed by atoms with E-state index in [4.69, 9.17) is 9.26 Å². The molecule has 9 heteroatoms. The molecule has 0 spiro atoms. The van der Waals surface area contributed by atoms with Crippen molar-refractivity contribution >= 4 is 0 Å². The highest BCUT2D eigenvalue weighted by atomic mass is 19.4. The standard InChI is InChI=1S/C19H15F4N3O2/c1-10-4-16(28-26-10)11-2-3-17(24-8-11)27-14-5-12(6-14)18-15(20)7-13(9-25-18)19(21,22)23/h2-4,7-9,12,14H,5-6H2,1H3. The molecule has 0 amide bonds. The van der Waals surface area contributed by atoms with Gasteiger partial charge < -0.3 is 9.26 Å². The second-order valence-electron chi connectivity index (χ2n) is 6.71. The monoisotopic (exact) mass is 393 g/mol. The molecule has 146 valence electrons. The molecule has 28 heavy (non-hydrogen) atoms. The van der Waals surface area contributed by atoms with Crippen LogP contribution < -0.4 is 4.74 Å². The summed E-state index contributed by atoms with van der Waals surface area (Å²) in [4.78, 5) is 7.89. The molecule has 3 heterocycles. The summed E-state index contributed by atoms with van der Waals surface area (Å²) < 4.78 is 62.7. The zero-order valence-corrected chi connectivity index (χ0v) is 14.7. The van der Waals surface area contributed by atoms with E-state index < -0.39 is 17.6 Å². The Morgan fingerprint density at radius 2 is 1.89 bits per heavy atom. The lowest BCUT2D eigenvalue weighted by Gasteiger charge is -2.34. The molecule has 0 bridgehead atoms. The van der Waals surface area contributed by atoms with Crippen molar-refractivity contribution < 1.29 is 26.8 Å². The Balaban J connectivity index is 1.36. The van der Waals surface area contributed by atoms with Gasteiger partial charge in [0.25, 0.3) is 0 Å². The van der Waals surface area contributed by atoms with Crippen LogP contribution in [0.25, 0.3) is 11.3 Å². The lowest BCUT2D eigenvalue weighted by molar-refractivity contribution is -0.138. The van der Waals surface area contributed by atoms with Crippen LogP contribution >= 0.6 is 0 Å². The van der Waals surface area contributed by atoms with Crippen molar-refractivity contribution in [2.75, 3.05) is 0 Å². The first kappa shape index (κ1) is 18.4. The molecule has 0 N–H and O–H groups in total. The average molecular weight is 393 g/mol. The zero-order valence-electron chi connectivity index (χ0n) is 14.7. The van der Waals surface area contributed by atoms with Crippen molar-refractivity contribution in [2.24, 2.45) is 0 Å². The van der Waals surface area contributed by atoms with Crippen molar-refractivity contribution in [2.45, 2.75) is 38.0 Å². The number of alkyl halides is 3. The molecule has 0 aromatic carbocycles. The summed E-state index contributed by atoms with van der Waals surface area (Å²) in [7, 11) is 0. The van der Waals surface area contributed by atoms with Crippen molar-refractivity contribution in [3.63, 3.8) is 0 Å².